The Bertz CT molecular complexity index is 1180. The molecular formula is C40H56O8. The molecule has 8 heteroatoms. The van der Waals surface area contributed by atoms with Crippen LogP contribution in [0, 0.1) is 71.0 Å². The highest BCUT2D eigenvalue weighted by Crippen LogP contribution is 2.46. The lowest BCUT2D eigenvalue weighted by Gasteiger charge is -2.25. The molecule has 0 unspecified atom stereocenters. The Hall–Kier alpha value is -3.16. The van der Waals surface area contributed by atoms with E-state index in [1.807, 2.05) is 0 Å². The molecule has 4 fully saturated rings. The summed E-state index contributed by atoms with van der Waals surface area (Å²) in [5, 5.41) is 0. The Labute approximate surface area is 286 Å². The minimum Gasteiger partial charge on any atom is -0.434 e. The number of ether oxygens (including phenoxy) is 4. The van der Waals surface area contributed by atoms with Crippen LogP contribution in [0.15, 0.2) is 47.3 Å². The van der Waals surface area contributed by atoms with Crippen LogP contribution in [0.4, 0.5) is 0 Å². The highest BCUT2D eigenvalue weighted by atomic mass is 16.5. The molecule has 4 saturated carbocycles. The van der Waals surface area contributed by atoms with Crippen LogP contribution in [-0.2, 0) is 38.1 Å². The van der Waals surface area contributed by atoms with Crippen molar-refractivity contribution in [1.29, 1.82) is 0 Å². The van der Waals surface area contributed by atoms with Gasteiger partial charge in [-0.15, -0.1) is 0 Å². The third kappa shape index (κ3) is 7.38. The fourth-order valence-corrected chi connectivity index (χ4v) is 9.69. The average Bonchev–Trinajstić information content (AvgIpc) is 3.85. The highest BCUT2D eigenvalue weighted by Gasteiger charge is 2.45. The molecule has 0 aromatic heterocycles. The summed E-state index contributed by atoms with van der Waals surface area (Å²) in [4.78, 5) is 45.5. The first-order valence-electron chi connectivity index (χ1n) is 18.3. The van der Waals surface area contributed by atoms with Gasteiger partial charge in [0, 0.05) is 0 Å². The summed E-state index contributed by atoms with van der Waals surface area (Å²) in [6.45, 7) is 16.8. The quantitative estimate of drug-likeness (QED) is 0.188. The number of hydrogen-bond donors (Lipinski definition) is 0. The van der Waals surface area contributed by atoms with Gasteiger partial charge in [-0.05, 0) is 149 Å². The smallest absolute Gasteiger partial charge is 0.314 e. The second-order valence-corrected chi connectivity index (χ2v) is 15.9. The molecule has 0 saturated heterocycles. The Morgan fingerprint density at radius 1 is 0.375 bits per heavy atom. The Kier molecular flexibility index (Phi) is 11.4. The Morgan fingerprint density at radius 2 is 0.562 bits per heavy atom. The maximum atomic E-state index is 11.4. The number of esters is 4. The van der Waals surface area contributed by atoms with Crippen molar-refractivity contribution in [3.8, 4) is 0 Å². The number of fused-ring (bicyclic) bond motifs is 4. The van der Waals surface area contributed by atoms with E-state index in [2.05, 4.69) is 55.4 Å². The van der Waals surface area contributed by atoms with E-state index in [9.17, 15) is 19.2 Å². The fourth-order valence-electron chi connectivity index (χ4n) is 9.69. The van der Waals surface area contributed by atoms with Gasteiger partial charge < -0.3 is 18.9 Å². The topological polar surface area (TPSA) is 105 Å². The largest absolute Gasteiger partial charge is 0.434 e. The van der Waals surface area contributed by atoms with Crippen LogP contribution in [-0.4, -0.2) is 23.9 Å². The van der Waals surface area contributed by atoms with E-state index in [0.29, 0.717) is 47.3 Å². The van der Waals surface area contributed by atoms with E-state index in [1.165, 1.54) is 22.3 Å². The van der Waals surface area contributed by atoms with Crippen LogP contribution in [0.25, 0.3) is 0 Å². The number of allylic oxidation sites excluding steroid dienone is 4. The molecule has 8 nitrogen and oxygen atoms in total. The minimum absolute atomic E-state index is 0.0180. The first-order chi connectivity index (χ1) is 22.8. The summed E-state index contributed by atoms with van der Waals surface area (Å²) in [6.07, 6.45) is 15.8. The van der Waals surface area contributed by atoms with Crippen LogP contribution in [0.3, 0.4) is 0 Å². The first kappa shape index (κ1) is 36.1. The molecule has 12 atom stereocenters. The lowest BCUT2D eigenvalue weighted by Crippen LogP contribution is -2.28. The van der Waals surface area contributed by atoms with Crippen LogP contribution in [0.2, 0.25) is 0 Å². The predicted octanol–water partition coefficient (Wildman–Crippen LogP) is 8.44. The normalized spacial score (nSPS) is 40.3. The number of carbonyl (C=O) groups is 4. The summed E-state index contributed by atoms with van der Waals surface area (Å²) in [6, 6.07) is 0. The monoisotopic (exact) mass is 664 g/mol. The highest BCUT2D eigenvalue weighted by molar-refractivity contribution is 5.77. The molecule has 0 amide bonds. The maximum absolute atomic E-state index is 11.4. The van der Waals surface area contributed by atoms with Gasteiger partial charge in [-0.3, -0.25) is 19.2 Å². The van der Waals surface area contributed by atoms with Crippen molar-refractivity contribution in [3.05, 3.63) is 47.3 Å². The van der Waals surface area contributed by atoms with Gasteiger partial charge >= 0.3 is 23.9 Å². The molecule has 48 heavy (non-hydrogen) atoms. The molecule has 4 aliphatic heterocycles. The van der Waals surface area contributed by atoms with Gasteiger partial charge in [0.1, 0.15) is 0 Å². The third-order valence-electron chi connectivity index (χ3n) is 12.8. The van der Waals surface area contributed by atoms with Gasteiger partial charge in [0.15, 0.2) is 0 Å². The molecule has 0 aromatic rings. The summed E-state index contributed by atoms with van der Waals surface area (Å²) in [7, 11) is 0. The third-order valence-corrected chi connectivity index (χ3v) is 12.8. The van der Waals surface area contributed by atoms with Crippen molar-refractivity contribution in [3.63, 3.8) is 0 Å². The molecule has 8 rings (SSSR count). The molecular weight excluding hydrogens is 608 g/mol. The van der Waals surface area contributed by atoms with Crippen LogP contribution >= 0.6 is 0 Å². The van der Waals surface area contributed by atoms with Crippen molar-refractivity contribution in [2.45, 2.75) is 107 Å². The van der Waals surface area contributed by atoms with Crippen molar-refractivity contribution in [1.82, 2.24) is 0 Å². The van der Waals surface area contributed by atoms with E-state index < -0.39 is 0 Å². The molecule has 0 bridgehead atoms. The van der Waals surface area contributed by atoms with Crippen molar-refractivity contribution < 1.29 is 38.1 Å². The number of rotatable bonds is 0. The number of cyclic esters (lactones) is 4. The van der Waals surface area contributed by atoms with E-state index in [4.69, 9.17) is 18.9 Å². The standard InChI is InChI=1S/4C10H14O2/c4*1-6-3-4-8-7(2)5-12-10(11)9(6)8/h4*5-6,8-9H,3-4H2,1-2H3/t6-,8+,9+;6-,8+,9-;6-,8-,9+;6-,8-,9-/m0000/s1. The van der Waals surface area contributed by atoms with E-state index in [-0.39, 0.29) is 47.5 Å². The van der Waals surface area contributed by atoms with Crippen LogP contribution in [0.1, 0.15) is 107 Å². The van der Waals surface area contributed by atoms with Crippen LogP contribution < -0.4 is 0 Å². The molecule has 264 valence electrons. The Balaban J connectivity index is 0.000000125. The van der Waals surface area contributed by atoms with Gasteiger partial charge in [-0.1, -0.05) is 27.7 Å². The average molecular weight is 665 g/mol. The molecule has 4 aliphatic carbocycles. The van der Waals surface area contributed by atoms with E-state index >= 15 is 0 Å². The van der Waals surface area contributed by atoms with Gasteiger partial charge in [0.2, 0.25) is 0 Å². The lowest BCUT2D eigenvalue weighted by molar-refractivity contribution is -0.147. The summed E-state index contributed by atoms with van der Waals surface area (Å²) >= 11 is 0. The SMILES string of the molecule is CC1=COC(=O)[C@@H]2[C@@H](C)CC[C@@H]12.CC1=COC(=O)[C@@H]2[C@@H]1CC[C@@H]2C.CC1=COC(=O)[C@H]2[C@@H](C)CC[C@@H]12.CC1=COC(=O)[C@H]2[C@@H]1CC[C@@H]2C. The van der Waals surface area contributed by atoms with Gasteiger partial charge in [0.25, 0.3) is 0 Å². The van der Waals surface area contributed by atoms with Gasteiger partial charge in [-0.2, -0.15) is 0 Å². The van der Waals surface area contributed by atoms with Gasteiger partial charge in [-0.25, -0.2) is 0 Å². The van der Waals surface area contributed by atoms with Crippen molar-refractivity contribution in [2.75, 3.05) is 0 Å². The molecule has 4 heterocycles. The molecule has 0 radical (unpaired) electrons. The molecule has 0 spiro atoms. The lowest BCUT2D eigenvalue weighted by atomic mass is 9.85. The maximum Gasteiger partial charge on any atom is 0.314 e. The van der Waals surface area contributed by atoms with Crippen molar-refractivity contribution in [2.24, 2.45) is 71.0 Å². The zero-order valence-corrected chi connectivity index (χ0v) is 30.2. The van der Waals surface area contributed by atoms with E-state index in [1.54, 1.807) is 25.0 Å². The molecule has 0 N–H and O–H groups in total. The van der Waals surface area contributed by atoms with E-state index in [0.717, 1.165) is 51.4 Å². The fraction of sp³-hybridized carbons (Fsp3) is 0.700. The molecule has 0 aromatic carbocycles. The predicted molar refractivity (Wildman–Crippen MR) is 181 cm³/mol. The minimum atomic E-state index is -0.0180. The second-order valence-electron chi connectivity index (χ2n) is 15.9. The summed E-state index contributed by atoms with van der Waals surface area (Å²) in [5.74, 6) is 4.44. The first-order valence-corrected chi connectivity index (χ1v) is 18.3. The van der Waals surface area contributed by atoms with Crippen LogP contribution in [0.5, 0.6) is 0 Å². The molecule has 8 aliphatic rings. The number of hydrogen-bond acceptors (Lipinski definition) is 8. The zero-order valence-electron chi connectivity index (χ0n) is 30.2. The summed E-state index contributed by atoms with van der Waals surface area (Å²) in [5.41, 5.74) is 4.96. The second kappa shape index (κ2) is 15.2. The summed E-state index contributed by atoms with van der Waals surface area (Å²) < 4.78 is 19.9. The number of carbonyl (C=O) groups excluding carboxylic acids is 4. The Morgan fingerprint density at radius 3 is 0.729 bits per heavy atom. The van der Waals surface area contributed by atoms with Gasteiger partial charge in [0.05, 0.1) is 48.7 Å². The zero-order chi connectivity index (χ0) is 34.9. The van der Waals surface area contributed by atoms with Crippen molar-refractivity contribution >= 4 is 23.9 Å².